The van der Waals surface area contributed by atoms with Gasteiger partial charge in [0.1, 0.15) is 0 Å². The van der Waals surface area contributed by atoms with E-state index in [1.54, 1.807) is 6.07 Å². The third kappa shape index (κ3) is 2.13. The number of aliphatic carboxylic acids is 1. The molecule has 1 aromatic rings. The van der Waals surface area contributed by atoms with Crippen LogP contribution < -0.4 is 0 Å². The lowest BCUT2D eigenvalue weighted by Gasteiger charge is -2.10. The van der Waals surface area contributed by atoms with Crippen molar-refractivity contribution in [1.82, 2.24) is 0 Å². The van der Waals surface area contributed by atoms with Gasteiger partial charge in [-0.1, -0.05) is 24.3 Å². The zero-order valence-electron chi connectivity index (χ0n) is 8.98. The van der Waals surface area contributed by atoms with Gasteiger partial charge < -0.3 is 5.11 Å². The normalized spacial score (nSPS) is 20.0. The van der Waals surface area contributed by atoms with Crippen molar-refractivity contribution in [2.45, 2.75) is 25.7 Å². The van der Waals surface area contributed by atoms with Crippen LogP contribution in [0.15, 0.2) is 24.3 Å². The molecule has 0 saturated heterocycles. The van der Waals surface area contributed by atoms with Gasteiger partial charge in [-0.3, -0.25) is 9.59 Å². The maximum atomic E-state index is 12.1. The summed E-state index contributed by atoms with van der Waals surface area (Å²) in [7, 11) is 0. The molecule has 1 N–H and O–H groups in total. The molecule has 3 nitrogen and oxygen atoms in total. The smallest absolute Gasteiger partial charge is 0.304 e. The molecule has 3 heteroatoms. The number of ketones is 1. The van der Waals surface area contributed by atoms with Gasteiger partial charge in [0.05, 0.1) is 6.42 Å². The SMILES string of the molecule is O=C(O)C[C@@H]1CCCc2ccccc2C1=O. The summed E-state index contributed by atoms with van der Waals surface area (Å²) in [6.45, 7) is 0. The number of hydrogen-bond donors (Lipinski definition) is 1. The third-order valence-corrected chi connectivity index (χ3v) is 3.07. The van der Waals surface area contributed by atoms with Crippen molar-refractivity contribution in [3.8, 4) is 0 Å². The van der Waals surface area contributed by atoms with E-state index in [4.69, 9.17) is 5.11 Å². The van der Waals surface area contributed by atoms with Crippen LogP contribution in [-0.2, 0) is 11.2 Å². The second-order valence-electron chi connectivity index (χ2n) is 4.21. The van der Waals surface area contributed by atoms with Crippen LogP contribution in [0.4, 0.5) is 0 Å². The van der Waals surface area contributed by atoms with Crippen LogP contribution in [0.1, 0.15) is 35.2 Å². The topological polar surface area (TPSA) is 54.4 Å². The van der Waals surface area contributed by atoms with E-state index in [0.29, 0.717) is 12.0 Å². The number of carbonyl (C=O) groups is 2. The number of benzene rings is 1. The molecule has 0 heterocycles. The summed E-state index contributed by atoms with van der Waals surface area (Å²) in [5.74, 6) is -1.24. The van der Waals surface area contributed by atoms with Crippen molar-refractivity contribution in [1.29, 1.82) is 0 Å². The van der Waals surface area contributed by atoms with E-state index in [1.807, 2.05) is 18.2 Å². The zero-order valence-corrected chi connectivity index (χ0v) is 8.98. The first-order valence-corrected chi connectivity index (χ1v) is 5.52. The molecule has 0 aromatic heterocycles. The van der Waals surface area contributed by atoms with Crippen LogP contribution in [0.25, 0.3) is 0 Å². The highest BCUT2D eigenvalue weighted by molar-refractivity contribution is 6.00. The monoisotopic (exact) mass is 218 g/mol. The van der Waals surface area contributed by atoms with Gasteiger partial charge in [0.2, 0.25) is 0 Å². The Morgan fingerprint density at radius 3 is 2.88 bits per heavy atom. The Labute approximate surface area is 94.1 Å². The van der Waals surface area contributed by atoms with E-state index in [1.165, 1.54) is 0 Å². The minimum atomic E-state index is -0.891. The minimum Gasteiger partial charge on any atom is -0.481 e. The fourth-order valence-electron chi connectivity index (χ4n) is 2.27. The first-order valence-electron chi connectivity index (χ1n) is 5.52. The lowest BCUT2D eigenvalue weighted by atomic mass is 9.92. The predicted octanol–water partition coefficient (Wildman–Crippen LogP) is 2.30. The number of carboxylic acid groups (broad SMARTS) is 1. The largest absolute Gasteiger partial charge is 0.481 e. The first-order chi connectivity index (χ1) is 7.68. The molecular weight excluding hydrogens is 204 g/mol. The summed E-state index contributed by atoms with van der Waals surface area (Å²) in [6, 6.07) is 7.51. The second-order valence-corrected chi connectivity index (χ2v) is 4.21. The van der Waals surface area contributed by atoms with Crippen molar-refractivity contribution in [3.63, 3.8) is 0 Å². The number of hydrogen-bond acceptors (Lipinski definition) is 2. The van der Waals surface area contributed by atoms with E-state index in [0.717, 1.165) is 18.4 Å². The summed E-state index contributed by atoms with van der Waals surface area (Å²) < 4.78 is 0. The lowest BCUT2D eigenvalue weighted by Crippen LogP contribution is -2.17. The number of rotatable bonds is 2. The maximum absolute atomic E-state index is 12.1. The molecule has 16 heavy (non-hydrogen) atoms. The zero-order chi connectivity index (χ0) is 11.5. The Hall–Kier alpha value is -1.64. The Morgan fingerprint density at radius 2 is 2.12 bits per heavy atom. The van der Waals surface area contributed by atoms with Gasteiger partial charge in [-0.05, 0) is 24.8 Å². The summed E-state index contributed by atoms with van der Waals surface area (Å²) in [5.41, 5.74) is 1.77. The lowest BCUT2D eigenvalue weighted by molar-refractivity contribution is -0.137. The molecule has 2 rings (SSSR count). The summed E-state index contributed by atoms with van der Waals surface area (Å²) >= 11 is 0. The van der Waals surface area contributed by atoms with E-state index in [-0.39, 0.29) is 18.1 Å². The molecule has 0 saturated carbocycles. The molecular formula is C13H14O3. The first kappa shape index (κ1) is 10.9. The van der Waals surface area contributed by atoms with E-state index in [2.05, 4.69) is 0 Å². The second kappa shape index (κ2) is 4.47. The molecule has 1 aliphatic carbocycles. The number of carbonyl (C=O) groups excluding carboxylic acids is 1. The van der Waals surface area contributed by atoms with Gasteiger partial charge in [0.15, 0.2) is 5.78 Å². The van der Waals surface area contributed by atoms with Crippen LogP contribution in [0.5, 0.6) is 0 Å². The molecule has 1 aromatic carbocycles. The predicted molar refractivity (Wildman–Crippen MR) is 59.5 cm³/mol. The minimum absolute atomic E-state index is 0.00417. The molecule has 0 aliphatic heterocycles. The van der Waals surface area contributed by atoms with Crippen LogP contribution in [0.3, 0.4) is 0 Å². The van der Waals surface area contributed by atoms with Gasteiger partial charge >= 0.3 is 5.97 Å². The Balaban J connectivity index is 2.30. The van der Waals surface area contributed by atoms with Crippen LogP contribution in [0.2, 0.25) is 0 Å². The fourth-order valence-corrected chi connectivity index (χ4v) is 2.27. The molecule has 0 unspecified atom stereocenters. The van der Waals surface area contributed by atoms with Gasteiger partial charge in [0.25, 0.3) is 0 Å². The van der Waals surface area contributed by atoms with Gasteiger partial charge in [-0.25, -0.2) is 0 Å². The van der Waals surface area contributed by atoms with Crippen LogP contribution in [0, 0.1) is 5.92 Å². The number of Topliss-reactive ketones (excluding diaryl/α,β-unsaturated/α-hetero) is 1. The number of fused-ring (bicyclic) bond motifs is 1. The summed E-state index contributed by atoms with van der Waals surface area (Å²) in [6.07, 6.45) is 2.39. The van der Waals surface area contributed by atoms with Crippen molar-refractivity contribution in [3.05, 3.63) is 35.4 Å². The molecule has 0 radical (unpaired) electrons. The van der Waals surface area contributed by atoms with Gasteiger partial charge in [0, 0.05) is 11.5 Å². The van der Waals surface area contributed by atoms with Crippen molar-refractivity contribution in [2.24, 2.45) is 5.92 Å². The Morgan fingerprint density at radius 1 is 1.38 bits per heavy atom. The average molecular weight is 218 g/mol. The van der Waals surface area contributed by atoms with Crippen LogP contribution in [-0.4, -0.2) is 16.9 Å². The summed E-state index contributed by atoms with van der Waals surface area (Å²) in [4.78, 5) is 22.8. The number of aryl methyl sites for hydroxylation is 1. The highest BCUT2D eigenvalue weighted by Gasteiger charge is 2.26. The molecule has 1 atom stereocenters. The van der Waals surface area contributed by atoms with E-state index in [9.17, 15) is 9.59 Å². The van der Waals surface area contributed by atoms with E-state index >= 15 is 0 Å². The van der Waals surface area contributed by atoms with Crippen molar-refractivity contribution in [2.75, 3.05) is 0 Å². The molecule has 0 amide bonds. The Bertz CT molecular complexity index is 423. The molecule has 0 bridgehead atoms. The van der Waals surface area contributed by atoms with Crippen molar-refractivity contribution < 1.29 is 14.7 Å². The number of carboxylic acids is 1. The third-order valence-electron chi connectivity index (χ3n) is 3.07. The van der Waals surface area contributed by atoms with Gasteiger partial charge in [-0.2, -0.15) is 0 Å². The fraction of sp³-hybridized carbons (Fsp3) is 0.385. The standard InChI is InChI=1S/C13H14O3/c14-12(15)8-10-6-3-5-9-4-1-2-7-11(9)13(10)16/h1-2,4,7,10H,3,5-6,8H2,(H,14,15)/t10-/m0/s1. The summed E-state index contributed by atoms with van der Waals surface area (Å²) in [5, 5.41) is 8.77. The molecule has 0 fully saturated rings. The highest BCUT2D eigenvalue weighted by atomic mass is 16.4. The van der Waals surface area contributed by atoms with Crippen LogP contribution >= 0.6 is 0 Å². The van der Waals surface area contributed by atoms with E-state index < -0.39 is 5.97 Å². The Kier molecular flexibility index (Phi) is 3.04. The van der Waals surface area contributed by atoms with Gasteiger partial charge in [-0.15, -0.1) is 0 Å². The maximum Gasteiger partial charge on any atom is 0.304 e. The molecule has 84 valence electrons. The quantitative estimate of drug-likeness (QED) is 0.775. The van der Waals surface area contributed by atoms with Crippen molar-refractivity contribution >= 4 is 11.8 Å². The highest BCUT2D eigenvalue weighted by Crippen LogP contribution is 2.26. The molecule has 0 spiro atoms. The average Bonchev–Trinajstić information content (AvgIpc) is 2.40. The molecule has 1 aliphatic rings.